The molecule has 1 aliphatic rings. The zero-order valence-electron chi connectivity index (χ0n) is 10.6. The fourth-order valence-corrected chi connectivity index (χ4v) is 2.30. The van der Waals surface area contributed by atoms with E-state index in [4.69, 9.17) is 8.94 Å². The number of aromatic nitrogens is 3. The monoisotopic (exact) mass is 248 g/mol. The second kappa shape index (κ2) is 4.53. The van der Waals surface area contributed by atoms with E-state index in [2.05, 4.69) is 20.4 Å². The molecule has 2 aromatic rings. The smallest absolute Gasteiger partial charge is 0.295 e. The van der Waals surface area contributed by atoms with Crippen LogP contribution in [0.5, 0.6) is 0 Å². The van der Waals surface area contributed by atoms with Gasteiger partial charge < -0.3 is 14.3 Å². The number of hydrogen-bond acceptors (Lipinski definition) is 6. The Bertz CT molecular complexity index is 540. The molecule has 0 unspecified atom stereocenters. The van der Waals surface area contributed by atoms with Crippen LogP contribution in [0.3, 0.4) is 0 Å². The van der Waals surface area contributed by atoms with E-state index >= 15 is 0 Å². The highest BCUT2D eigenvalue weighted by atomic mass is 16.5. The van der Waals surface area contributed by atoms with Crippen molar-refractivity contribution in [3.63, 3.8) is 0 Å². The molecular formula is C12H16N4O2. The van der Waals surface area contributed by atoms with Crippen molar-refractivity contribution in [2.75, 3.05) is 13.1 Å². The third-order valence-corrected chi connectivity index (χ3v) is 3.24. The van der Waals surface area contributed by atoms with Crippen molar-refractivity contribution < 1.29 is 8.94 Å². The maximum absolute atomic E-state index is 5.48. The summed E-state index contributed by atoms with van der Waals surface area (Å²) in [4.78, 5) is 8.64. The first-order valence-electron chi connectivity index (χ1n) is 6.23. The Kier molecular flexibility index (Phi) is 2.87. The van der Waals surface area contributed by atoms with Crippen LogP contribution >= 0.6 is 0 Å². The number of nitrogens with zero attached hydrogens (tertiary/aromatic N) is 3. The Morgan fingerprint density at radius 3 is 2.61 bits per heavy atom. The molecule has 6 nitrogen and oxygen atoms in total. The molecule has 0 amide bonds. The Morgan fingerprint density at radius 2 is 1.94 bits per heavy atom. The minimum absolute atomic E-state index is 0.382. The standard InChI is InChI=1S/C12H16N4O2/c1-7-10(17-8(2)14-7)12-15-11(16-18-12)9-3-5-13-6-4-9/h9,13H,3-6H2,1-2H3. The zero-order valence-corrected chi connectivity index (χ0v) is 10.6. The Labute approximate surface area is 105 Å². The van der Waals surface area contributed by atoms with Gasteiger partial charge in [-0.25, -0.2) is 4.98 Å². The zero-order chi connectivity index (χ0) is 12.5. The first-order valence-corrected chi connectivity index (χ1v) is 6.23. The fraction of sp³-hybridized carbons (Fsp3) is 0.583. The molecule has 18 heavy (non-hydrogen) atoms. The molecule has 2 aromatic heterocycles. The summed E-state index contributed by atoms with van der Waals surface area (Å²) in [5, 5.41) is 7.39. The maximum atomic E-state index is 5.48. The van der Waals surface area contributed by atoms with Crippen LogP contribution < -0.4 is 5.32 Å². The molecule has 0 bridgehead atoms. The van der Waals surface area contributed by atoms with Crippen LogP contribution in [0.15, 0.2) is 8.94 Å². The van der Waals surface area contributed by atoms with Crippen LogP contribution in [0, 0.1) is 13.8 Å². The Hall–Kier alpha value is -1.69. The van der Waals surface area contributed by atoms with Crippen LogP contribution in [0.4, 0.5) is 0 Å². The minimum Gasteiger partial charge on any atom is -0.436 e. The second-order valence-corrected chi connectivity index (χ2v) is 4.63. The van der Waals surface area contributed by atoms with E-state index in [1.54, 1.807) is 6.92 Å². The SMILES string of the molecule is Cc1nc(C)c(-c2nc(C3CCNCC3)no2)o1. The number of aryl methyl sites for hydroxylation is 2. The largest absolute Gasteiger partial charge is 0.436 e. The van der Waals surface area contributed by atoms with Crippen molar-refractivity contribution in [2.24, 2.45) is 0 Å². The third-order valence-electron chi connectivity index (χ3n) is 3.24. The van der Waals surface area contributed by atoms with Gasteiger partial charge in [0.25, 0.3) is 5.89 Å². The van der Waals surface area contributed by atoms with Crippen LogP contribution in [-0.2, 0) is 0 Å². The summed E-state index contributed by atoms with van der Waals surface area (Å²) in [6, 6.07) is 0. The second-order valence-electron chi connectivity index (χ2n) is 4.63. The third kappa shape index (κ3) is 2.03. The summed E-state index contributed by atoms with van der Waals surface area (Å²) in [5.41, 5.74) is 0.785. The van der Waals surface area contributed by atoms with E-state index < -0.39 is 0 Å². The minimum atomic E-state index is 0.382. The molecule has 96 valence electrons. The lowest BCUT2D eigenvalue weighted by atomic mass is 9.98. The summed E-state index contributed by atoms with van der Waals surface area (Å²) < 4.78 is 10.8. The van der Waals surface area contributed by atoms with Gasteiger partial charge in [0.1, 0.15) is 0 Å². The van der Waals surface area contributed by atoms with Gasteiger partial charge in [-0.15, -0.1) is 0 Å². The van der Waals surface area contributed by atoms with Gasteiger partial charge >= 0.3 is 0 Å². The van der Waals surface area contributed by atoms with Crippen molar-refractivity contribution in [3.8, 4) is 11.7 Å². The van der Waals surface area contributed by atoms with Gasteiger partial charge in [-0.3, -0.25) is 0 Å². The van der Waals surface area contributed by atoms with E-state index in [9.17, 15) is 0 Å². The van der Waals surface area contributed by atoms with Gasteiger partial charge in [-0.1, -0.05) is 5.16 Å². The van der Waals surface area contributed by atoms with Crippen LogP contribution in [0.1, 0.15) is 36.2 Å². The summed E-state index contributed by atoms with van der Waals surface area (Å²) in [5.74, 6) is 2.79. The van der Waals surface area contributed by atoms with Gasteiger partial charge in [-0.05, 0) is 32.9 Å². The molecule has 1 saturated heterocycles. The normalized spacial score (nSPS) is 17.2. The number of nitrogens with one attached hydrogen (secondary N) is 1. The summed E-state index contributed by atoms with van der Waals surface area (Å²) in [6.07, 6.45) is 2.10. The molecule has 1 N–H and O–H groups in total. The summed E-state index contributed by atoms with van der Waals surface area (Å²) in [6.45, 7) is 5.70. The maximum Gasteiger partial charge on any atom is 0.295 e. The average molecular weight is 248 g/mol. The highest BCUT2D eigenvalue weighted by molar-refractivity contribution is 5.47. The Balaban J connectivity index is 1.86. The number of oxazole rings is 1. The van der Waals surface area contributed by atoms with E-state index in [0.717, 1.165) is 37.4 Å². The number of piperidine rings is 1. The first kappa shape index (κ1) is 11.4. The molecule has 0 aliphatic carbocycles. The molecule has 6 heteroatoms. The average Bonchev–Trinajstić information content (AvgIpc) is 2.97. The topological polar surface area (TPSA) is 77.0 Å². The number of hydrogen-bond donors (Lipinski definition) is 1. The predicted molar refractivity (Wildman–Crippen MR) is 64.1 cm³/mol. The summed E-state index contributed by atoms with van der Waals surface area (Å²) >= 11 is 0. The van der Waals surface area contributed by atoms with Crippen molar-refractivity contribution in [2.45, 2.75) is 32.6 Å². The van der Waals surface area contributed by atoms with E-state index in [0.29, 0.717) is 23.5 Å². The highest BCUT2D eigenvalue weighted by Gasteiger charge is 2.23. The van der Waals surface area contributed by atoms with E-state index in [-0.39, 0.29) is 0 Å². The molecule has 0 saturated carbocycles. The van der Waals surface area contributed by atoms with Crippen molar-refractivity contribution in [1.82, 2.24) is 20.4 Å². The summed E-state index contributed by atoms with van der Waals surface area (Å²) in [7, 11) is 0. The van der Waals surface area contributed by atoms with Gasteiger partial charge in [0.15, 0.2) is 11.7 Å². The highest BCUT2D eigenvalue weighted by Crippen LogP contribution is 2.27. The van der Waals surface area contributed by atoms with Crippen molar-refractivity contribution in [3.05, 3.63) is 17.4 Å². The predicted octanol–water partition coefficient (Wildman–Crippen LogP) is 1.81. The van der Waals surface area contributed by atoms with Crippen LogP contribution in [0.2, 0.25) is 0 Å². The number of rotatable bonds is 2. The first-order chi connectivity index (χ1) is 8.74. The van der Waals surface area contributed by atoms with Gasteiger partial charge in [0.2, 0.25) is 5.76 Å². The molecule has 0 radical (unpaired) electrons. The molecule has 3 rings (SSSR count). The molecule has 1 fully saturated rings. The lowest BCUT2D eigenvalue weighted by molar-refractivity contribution is 0.384. The fourth-order valence-electron chi connectivity index (χ4n) is 2.30. The van der Waals surface area contributed by atoms with E-state index in [1.165, 1.54) is 0 Å². The Morgan fingerprint density at radius 1 is 1.17 bits per heavy atom. The van der Waals surface area contributed by atoms with Crippen molar-refractivity contribution in [1.29, 1.82) is 0 Å². The molecule has 0 spiro atoms. The molecule has 3 heterocycles. The van der Waals surface area contributed by atoms with Gasteiger partial charge in [0.05, 0.1) is 5.69 Å². The lowest BCUT2D eigenvalue weighted by Gasteiger charge is -2.18. The van der Waals surface area contributed by atoms with Crippen LogP contribution in [-0.4, -0.2) is 28.2 Å². The van der Waals surface area contributed by atoms with Crippen LogP contribution in [0.25, 0.3) is 11.7 Å². The van der Waals surface area contributed by atoms with Crippen molar-refractivity contribution >= 4 is 0 Å². The molecule has 1 aliphatic heterocycles. The lowest BCUT2D eigenvalue weighted by Crippen LogP contribution is -2.27. The molecule has 0 aromatic carbocycles. The van der Waals surface area contributed by atoms with Gasteiger partial charge in [0, 0.05) is 12.8 Å². The molecular weight excluding hydrogens is 232 g/mol. The van der Waals surface area contributed by atoms with E-state index in [1.807, 2.05) is 6.92 Å². The molecule has 0 atom stereocenters. The van der Waals surface area contributed by atoms with Gasteiger partial charge in [-0.2, -0.15) is 4.98 Å². The quantitative estimate of drug-likeness (QED) is 0.873.